The minimum Gasteiger partial charge on any atom is -0.354 e. The molecule has 1 saturated heterocycles. The van der Waals surface area contributed by atoms with Crippen LogP contribution in [-0.2, 0) is 0 Å². The van der Waals surface area contributed by atoms with Crippen LogP contribution in [0, 0.1) is 19.3 Å². The van der Waals surface area contributed by atoms with Crippen molar-refractivity contribution in [2.45, 2.75) is 13.8 Å². The van der Waals surface area contributed by atoms with Gasteiger partial charge in [-0.1, -0.05) is 24.3 Å². The first-order valence-corrected chi connectivity index (χ1v) is 11.9. The number of fused-ring (bicyclic) bond motifs is 1. The van der Waals surface area contributed by atoms with Gasteiger partial charge in [0.1, 0.15) is 11.5 Å². The lowest BCUT2D eigenvalue weighted by Gasteiger charge is -2.34. The Bertz CT molecular complexity index is 1400. The number of nitrogens with zero attached hydrogens (tertiary/aromatic N) is 4. The lowest BCUT2D eigenvalue weighted by molar-refractivity contribution is 0.101. The molecule has 7 nitrogen and oxygen atoms in total. The van der Waals surface area contributed by atoms with Crippen molar-refractivity contribution in [2.24, 2.45) is 0 Å². The van der Waals surface area contributed by atoms with Crippen LogP contribution in [0.15, 0.2) is 66.7 Å². The van der Waals surface area contributed by atoms with E-state index in [0.29, 0.717) is 17.2 Å². The molecular weight excluding hydrogens is 436 g/mol. The van der Waals surface area contributed by atoms with Crippen LogP contribution < -0.4 is 5.32 Å². The minimum absolute atomic E-state index is 0.222. The van der Waals surface area contributed by atoms with E-state index < -0.39 is 0 Å². The summed E-state index contributed by atoms with van der Waals surface area (Å²) in [5.41, 5.74) is 4.73. The lowest BCUT2D eigenvalue weighted by atomic mass is 10.1. The average molecular weight is 467 g/mol. The second-order valence-corrected chi connectivity index (χ2v) is 9.24. The molecule has 0 spiro atoms. The van der Waals surface area contributed by atoms with Gasteiger partial charge in [-0.05, 0) is 79.7 Å². The van der Waals surface area contributed by atoms with Gasteiger partial charge < -0.3 is 15.1 Å². The first-order valence-electron chi connectivity index (χ1n) is 11.9. The van der Waals surface area contributed by atoms with Crippen molar-refractivity contribution >= 4 is 28.2 Å². The molecule has 35 heavy (non-hydrogen) atoms. The van der Waals surface area contributed by atoms with E-state index in [1.54, 1.807) is 10.7 Å². The van der Waals surface area contributed by atoms with E-state index in [2.05, 4.69) is 51.5 Å². The third kappa shape index (κ3) is 4.68. The van der Waals surface area contributed by atoms with E-state index in [0.717, 1.165) is 59.5 Å². The first-order chi connectivity index (χ1) is 16.9. The van der Waals surface area contributed by atoms with Crippen molar-refractivity contribution in [2.75, 3.05) is 38.5 Å². The lowest BCUT2D eigenvalue weighted by Crippen LogP contribution is -2.47. The molecule has 1 amide bonds. The third-order valence-electron chi connectivity index (χ3n) is 6.59. The molecule has 4 aromatic rings. The largest absolute Gasteiger partial charge is 0.354 e. The SMILES string of the molecule is Cc1cc(C(=O)Nc2ccc(C(=N)N3CCN(C)CC3)cc2)n(-c2cc3ccccc3cc2C)n1. The predicted octanol–water partition coefficient (Wildman–Crippen LogP) is 4.47. The van der Waals surface area contributed by atoms with Crippen LogP contribution in [-0.4, -0.2) is 64.5 Å². The number of amides is 1. The summed E-state index contributed by atoms with van der Waals surface area (Å²) in [7, 11) is 2.10. The highest BCUT2D eigenvalue weighted by Gasteiger charge is 2.19. The van der Waals surface area contributed by atoms with Crippen LogP contribution in [0.4, 0.5) is 5.69 Å². The maximum atomic E-state index is 13.3. The molecule has 0 radical (unpaired) electrons. The molecule has 3 aromatic carbocycles. The number of hydrogen-bond acceptors (Lipinski definition) is 4. The highest BCUT2D eigenvalue weighted by molar-refractivity contribution is 6.04. The number of nitrogens with one attached hydrogen (secondary N) is 2. The monoisotopic (exact) mass is 466 g/mol. The fourth-order valence-electron chi connectivity index (χ4n) is 4.53. The number of carbonyl (C=O) groups excluding carboxylic acids is 1. The smallest absolute Gasteiger partial charge is 0.274 e. The van der Waals surface area contributed by atoms with Gasteiger partial charge in [-0.2, -0.15) is 5.10 Å². The Hall–Kier alpha value is -3.97. The maximum absolute atomic E-state index is 13.3. The molecule has 0 atom stereocenters. The van der Waals surface area contributed by atoms with Crippen LogP contribution in [0.3, 0.4) is 0 Å². The van der Waals surface area contributed by atoms with Crippen molar-refractivity contribution in [3.63, 3.8) is 0 Å². The molecule has 7 heteroatoms. The van der Waals surface area contributed by atoms with Crippen LogP contribution in [0.1, 0.15) is 27.3 Å². The zero-order valence-corrected chi connectivity index (χ0v) is 20.4. The Morgan fingerprint density at radius 3 is 2.26 bits per heavy atom. The summed E-state index contributed by atoms with van der Waals surface area (Å²) in [6.07, 6.45) is 0. The summed E-state index contributed by atoms with van der Waals surface area (Å²) < 4.78 is 1.73. The predicted molar refractivity (Wildman–Crippen MR) is 141 cm³/mol. The number of benzene rings is 3. The molecule has 1 aromatic heterocycles. The maximum Gasteiger partial charge on any atom is 0.274 e. The van der Waals surface area contributed by atoms with Gasteiger partial charge in [-0.3, -0.25) is 10.2 Å². The summed E-state index contributed by atoms with van der Waals surface area (Å²) in [4.78, 5) is 17.6. The van der Waals surface area contributed by atoms with Crippen LogP contribution in [0.2, 0.25) is 0 Å². The molecule has 0 aliphatic carbocycles. The number of aromatic nitrogens is 2. The van der Waals surface area contributed by atoms with E-state index >= 15 is 0 Å². The van der Waals surface area contributed by atoms with Crippen LogP contribution in [0.25, 0.3) is 16.5 Å². The summed E-state index contributed by atoms with van der Waals surface area (Å²) in [6.45, 7) is 7.55. The van der Waals surface area contributed by atoms with Gasteiger partial charge in [0, 0.05) is 37.4 Å². The van der Waals surface area contributed by atoms with Crippen LogP contribution >= 0.6 is 0 Å². The molecule has 0 saturated carbocycles. The Kier molecular flexibility index (Phi) is 6.09. The fourth-order valence-corrected chi connectivity index (χ4v) is 4.53. The number of hydrogen-bond donors (Lipinski definition) is 2. The molecule has 0 bridgehead atoms. The normalized spacial score (nSPS) is 14.3. The van der Waals surface area contributed by atoms with E-state index in [-0.39, 0.29) is 5.91 Å². The van der Waals surface area contributed by atoms with Crippen molar-refractivity contribution in [1.82, 2.24) is 19.6 Å². The number of carbonyl (C=O) groups is 1. The highest BCUT2D eigenvalue weighted by atomic mass is 16.2. The van der Waals surface area contributed by atoms with Gasteiger partial charge in [0.2, 0.25) is 0 Å². The van der Waals surface area contributed by atoms with E-state index in [1.165, 1.54) is 0 Å². The minimum atomic E-state index is -0.222. The topological polar surface area (TPSA) is 77.3 Å². The quantitative estimate of drug-likeness (QED) is 0.344. The number of likely N-dealkylation sites (N-methyl/N-ethyl adjacent to an activating group) is 1. The van der Waals surface area contributed by atoms with Crippen LogP contribution in [0.5, 0.6) is 0 Å². The number of anilines is 1. The molecule has 1 fully saturated rings. The molecule has 2 N–H and O–H groups in total. The number of rotatable bonds is 4. The molecule has 1 aliphatic heterocycles. The number of aryl methyl sites for hydroxylation is 2. The molecular formula is C28H30N6O. The van der Waals surface area contributed by atoms with E-state index in [1.807, 2.05) is 50.2 Å². The summed E-state index contributed by atoms with van der Waals surface area (Å²) >= 11 is 0. The average Bonchev–Trinajstić information content (AvgIpc) is 3.25. The molecule has 2 heterocycles. The second-order valence-electron chi connectivity index (χ2n) is 9.24. The van der Waals surface area contributed by atoms with Gasteiger partial charge in [0.05, 0.1) is 11.4 Å². The zero-order valence-electron chi connectivity index (χ0n) is 20.4. The van der Waals surface area contributed by atoms with E-state index in [4.69, 9.17) is 5.41 Å². The van der Waals surface area contributed by atoms with E-state index in [9.17, 15) is 4.79 Å². The first kappa shape index (κ1) is 22.8. The molecule has 1 aliphatic rings. The Balaban J connectivity index is 1.36. The molecule has 178 valence electrons. The van der Waals surface area contributed by atoms with Crippen molar-refractivity contribution < 1.29 is 4.79 Å². The third-order valence-corrected chi connectivity index (χ3v) is 6.59. The highest BCUT2D eigenvalue weighted by Crippen LogP contribution is 2.24. The fraction of sp³-hybridized carbons (Fsp3) is 0.250. The second kappa shape index (κ2) is 9.35. The Morgan fingerprint density at radius 1 is 0.914 bits per heavy atom. The van der Waals surface area contributed by atoms with Crippen molar-refractivity contribution in [3.05, 3.63) is 89.2 Å². The summed E-state index contributed by atoms with van der Waals surface area (Å²) in [6, 6.07) is 21.7. The van der Waals surface area contributed by atoms with Gasteiger partial charge in [0.25, 0.3) is 5.91 Å². The Morgan fingerprint density at radius 2 is 1.57 bits per heavy atom. The summed E-state index contributed by atoms with van der Waals surface area (Å²) in [5.74, 6) is 0.302. The molecule has 0 unspecified atom stereocenters. The number of amidine groups is 1. The summed E-state index contributed by atoms with van der Waals surface area (Å²) in [5, 5.41) is 18.4. The number of piperazine rings is 1. The molecule has 5 rings (SSSR count). The van der Waals surface area contributed by atoms with Crippen molar-refractivity contribution in [3.8, 4) is 5.69 Å². The zero-order chi connectivity index (χ0) is 24.5. The van der Waals surface area contributed by atoms with Gasteiger partial charge in [0.15, 0.2) is 0 Å². The Labute approximate surface area is 205 Å². The van der Waals surface area contributed by atoms with Crippen molar-refractivity contribution in [1.29, 1.82) is 5.41 Å². The van der Waals surface area contributed by atoms with Gasteiger partial charge in [-0.15, -0.1) is 0 Å². The van der Waals surface area contributed by atoms with Gasteiger partial charge in [-0.25, -0.2) is 4.68 Å². The van der Waals surface area contributed by atoms with Gasteiger partial charge >= 0.3 is 0 Å². The standard InChI is InChI=1S/C28H30N6O/c1-19-16-22-6-4-5-7-23(22)18-25(19)34-26(17-20(2)31-34)28(35)30-24-10-8-21(9-11-24)27(29)33-14-12-32(3)13-15-33/h4-11,16-18,29H,12-15H2,1-3H3,(H,30,35).